The number of amides is 1. The highest BCUT2D eigenvalue weighted by molar-refractivity contribution is 8.00. The van der Waals surface area contributed by atoms with Crippen LogP contribution in [0.4, 0.5) is 0 Å². The molecule has 0 aliphatic rings. The predicted octanol–water partition coefficient (Wildman–Crippen LogP) is 1.35. The maximum absolute atomic E-state index is 12.1. The van der Waals surface area contributed by atoms with E-state index in [9.17, 15) is 10.1 Å². The van der Waals surface area contributed by atoms with Crippen LogP contribution in [-0.2, 0) is 11.8 Å². The summed E-state index contributed by atoms with van der Waals surface area (Å²) in [7, 11) is 1.82. The van der Waals surface area contributed by atoms with Gasteiger partial charge in [-0.25, -0.2) is 0 Å². The van der Waals surface area contributed by atoms with Crippen molar-refractivity contribution in [3.8, 4) is 6.07 Å². The van der Waals surface area contributed by atoms with Gasteiger partial charge in [-0.2, -0.15) is 5.26 Å². The largest absolute Gasteiger partial charge is 0.337 e. The molecule has 1 amide bonds. The molecular formula is C12H19N5OS. The number of carbonyl (C=O) groups is 1. The molecule has 2 atom stereocenters. The fourth-order valence-electron chi connectivity index (χ4n) is 1.25. The lowest BCUT2D eigenvalue weighted by Gasteiger charge is -2.28. The minimum absolute atomic E-state index is 0.0356. The molecule has 0 bridgehead atoms. The van der Waals surface area contributed by atoms with E-state index in [2.05, 4.69) is 21.6 Å². The molecule has 0 aromatic carbocycles. The van der Waals surface area contributed by atoms with Crippen LogP contribution in [0, 0.1) is 17.2 Å². The molecule has 1 N–H and O–H groups in total. The molecule has 0 aliphatic carbocycles. The average molecular weight is 281 g/mol. The van der Waals surface area contributed by atoms with Crippen molar-refractivity contribution in [1.82, 2.24) is 20.1 Å². The number of aryl methyl sites for hydroxylation is 1. The minimum Gasteiger partial charge on any atom is -0.337 e. The third-order valence-electron chi connectivity index (χ3n) is 3.09. The topological polar surface area (TPSA) is 83.6 Å². The molecular weight excluding hydrogens is 262 g/mol. The lowest BCUT2D eigenvalue weighted by molar-refractivity contribution is -0.121. The van der Waals surface area contributed by atoms with Crippen LogP contribution in [0.3, 0.4) is 0 Å². The van der Waals surface area contributed by atoms with E-state index in [1.54, 1.807) is 24.7 Å². The maximum atomic E-state index is 12.1. The van der Waals surface area contributed by atoms with Crippen LogP contribution >= 0.6 is 11.8 Å². The van der Waals surface area contributed by atoms with E-state index in [0.717, 1.165) is 0 Å². The van der Waals surface area contributed by atoms with Crippen molar-refractivity contribution < 1.29 is 4.79 Å². The Morgan fingerprint density at radius 1 is 1.58 bits per heavy atom. The van der Waals surface area contributed by atoms with Crippen LogP contribution < -0.4 is 5.32 Å². The summed E-state index contributed by atoms with van der Waals surface area (Å²) in [5, 5.41) is 20.0. The number of nitriles is 1. The molecule has 104 valence electrons. The average Bonchev–Trinajstić information content (AvgIpc) is 2.74. The van der Waals surface area contributed by atoms with Crippen LogP contribution in [0.2, 0.25) is 0 Å². The van der Waals surface area contributed by atoms with Crippen LogP contribution in [-0.4, -0.2) is 31.5 Å². The number of nitrogens with one attached hydrogen (secondary N) is 1. The van der Waals surface area contributed by atoms with Gasteiger partial charge in [0.25, 0.3) is 0 Å². The number of rotatable bonds is 5. The van der Waals surface area contributed by atoms with Gasteiger partial charge in [-0.15, -0.1) is 10.2 Å². The summed E-state index contributed by atoms with van der Waals surface area (Å²) in [5.74, 6) is -0.140. The van der Waals surface area contributed by atoms with Crippen molar-refractivity contribution in [3.63, 3.8) is 0 Å². The van der Waals surface area contributed by atoms with Gasteiger partial charge in [0.15, 0.2) is 5.16 Å². The van der Waals surface area contributed by atoms with Gasteiger partial charge in [-0.1, -0.05) is 25.6 Å². The fourth-order valence-corrected chi connectivity index (χ4v) is 2.04. The Kier molecular flexibility index (Phi) is 4.95. The lowest BCUT2D eigenvalue weighted by atomic mass is 9.90. The molecule has 0 aliphatic heterocycles. The minimum atomic E-state index is -0.855. The van der Waals surface area contributed by atoms with E-state index in [-0.39, 0.29) is 17.1 Å². The first-order valence-electron chi connectivity index (χ1n) is 6.04. The third kappa shape index (κ3) is 3.70. The monoisotopic (exact) mass is 281 g/mol. The Balaban J connectivity index is 2.69. The Morgan fingerprint density at radius 2 is 2.21 bits per heavy atom. The van der Waals surface area contributed by atoms with Gasteiger partial charge in [0.05, 0.1) is 11.3 Å². The first kappa shape index (κ1) is 15.5. The van der Waals surface area contributed by atoms with Crippen LogP contribution in [0.1, 0.15) is 27.7 Å². The lowest BCUT2D eigenvalue weighted by Crippen LogP contribution is -2.51. The Labute approximate surface area is 117 Å². The molecule has 1 heterocycles. The molecule has 2 unspecified atom stereocenters. The summed E-state index contributed by atoms with van der Waals surface area (Å²) in [6.07, 6.45) is 1.58. The quantitative estimate of drug-likeness (QED) is 0.824. The van der Waals surface area contributed by atoms with E-state index >= 15 is 0 Å². The second-order valence-corrected chi connectivity index (χ2v) is 6.25. The number of nitrogens with zero attached hydrogens (tertiary/aromatic N) is 4. The first-order valence-corrected chi connectivity index (χ1v) is 6.92. The maximum Gasteiger partial charge on any atom is 0.234 e. The van der Waals surface area contributed by atoms with Gasteiger partial charge in [-0.3, -0.25) is 4.79 Å². The summed E-state index contributed by atoms with van der Waals surface area (Å²) >= 11 is 1.32. The van der Waals surface area contributed by atoms with Crippen molar-refractivity contribution in [2.24, 2.45) is 13.0 Å². The van der Waals surface area contributed by atoms with E-state index < -0.39 is 5.54 Å². The molecule has 0 spiro atoms. The van der Waals surface area contributed by atoms with Crippen molar-refractivity contribution in [1.29, 1.82) is 5.26 Å². The van der Waals surface area contributed by atoms with Crippen molar-refractivity contribution in [2.45, 2.75) is 43.6 Å². The van der Waals surface area contributed by atoms with E-state index in [0.29, 0.717) is 5.16 Å². The summed E-state index contributed by atoms with van der Waals surface area (Å²) < 4.78 is 1.75. The van der Waals surface area contributed by atoms with Gasteiger partial charge in [-0.05, 0) is 19.8 Å². The zero-order chi connectivity index (χ0) is 14.6. The molecule has 0 saturated heterocycles. The highest BCUT2D eigenvalue weighted by atomic mass is 32.2. The number of hydrogen-bond donors (Lipinski definition) is 1. The molecule has 1 rings (SSSR count). The van der Waals surface area contributed by atoms with Crippen LogP contribution in [0.25, 0.3) is 0 Å². The zero-order valence-corrected chi connectivity index (χ0v) is 12.7. The molecule has 1 aromatic rings. The van der Waals surface area contributed by atoms with Gasteiger partial charge >= 0.3 is 0 Å². The van der Waals surface area contributed by atoms with Crippen LogP contribution in [0.15, 0.2) is 11.5 Å². The molecule has 0 radical (unpaired) electrons. The standard InChI is InChI=1S/C12H19N5OS/c1-8(2)12(4,6-13)15-10(18)9(3)19-11-16-14-7-17(11)5/h7-9H,1-5H3,(H,15,18). The SMILES string of the molecule is CC(Sc1nncn1C)C(=O)NC(C)(C#N)C(C)C. The second-order valence-electron chi connectivity index (χ2n) is 4.94. The van der Waals surface area contributed by atoms with E-state index in [1.165, 1.54) is 11.8 Å². The Bertz CT molecular complexity index is 493. The normalized spacial score (nSPS) is 15.6. The Morgan fingerprint density at radius 3 is 2.63 bits per heavy atom. The molecule has 0 fully saturated rings. The summed E-state index contributed by atoms with van der Waals surface area (Å²) in [6, 6.07) is 2.16. The highest BCUT2D eigenvalue weighted by Gasteiger charge is 2.32. The van der Waals surface area contributed by atoms with Crippen molar-refractivity contribution in [2.75, 3.05) is 0 Å². The summed E-state index contributed by atoms with van der Waals surface area (Å²) in [6.45, 7) is 7.33. The van der Waals surface area contributed by atoms with Gasteiger partial charge in [0, 0.05) is 7.05 Å². The zero-order valence-electron chi connectivity index (χ0n) is 11.8. The predicted molar refractivity (Wildman–Crippen MR) is 73.3 cm³/mol. The number of carbonyl (C=O) groups excluding carboxylic acids is 1. The highest BCUT2D eigenvalue weighted by Crippen LogP contribution is 2.22. The molecule has 7 heteroatoms. The van der Waals surface area contributed by atoms with E-state index in [1.807, 2.05) is 20.9 Å². The van der Waals surface area contributed by atoms with Gasteiger partial charge in [0.1, 0.15) is 11.9 Å². The number of thioether (sulfide) groups is 1. The van der Waals surface area contributed by atoms with Gasteiger partial charge in [0.2, 0.25) is 5.91 Å². The molecule has 1 aromatic heterocycles. The number of hydrogen-bond acceptors (Lipinski definition) is 5. The van der Waals surface area contributed by atoms with Crippen molar-refractivity contribution >= 4 is 17.7 Å². The summed E-state index contributed by atoms with van der Waals surface area (Å²) in [4.78, 5) is 12.1. The molecule has 6 nitrogen and oxygen atoms in total. The van der Waals surface area contributed by atoms with Crippen LogP contribution in [0.5, 0.6) is 0 Å². The van der Waals surface area contributed by atoms with Gasteiger partial charge < -0.3 is 9.88 Å². The second kappa shape index (κ2) is 6.06. The first-order chi connectivity index (χ1) is 8.80. The summed E-state index contributed by atoms with van der Waals surface area (Å²) in [5.41, 5.74) is -0.855. The fraction of sp³-hybridized carbons (Fsp3) is 0.667. The molecule has 0 saturated carbocycles. The molecule has 19 heavy (non-hydrogen) atoms. The number of aromatic nitrogens is 3. The van der Waals surface area contributed by atoms with E-state index in [4.69, 9.17) is 0 Å². The third-order valence-corrected chi connectivity index (χ3v) is 4.24. The Hall–Kier alpha value is -1.55. The van der Waals surface area contributed by atoms with Crippen molar-refractivity contribution in [3.05, 3.63) is 6.33 Å². The smallest absolute Gasteiger partial charge is 0.234 e.